The van der Waals surface area contributed by atoms with Crippen molar-refractivity contribution < 1.29 is 22.7 Å². The van der Waals surface area contributed by atoms with E-state index in [2.05, 4.69) is 21.2 Å². The van der Waals surface area contributed by atoms with Crippen LogP contribution in [-0.4, -0.2) is 51.4 Å². The molecule has 0 saturated heterocycles. The molecule has 0 aliphatic heterocycles. The van der Waals surface area contributed by atoms with Crippen LogP contribution >= 0.6 is 15.9 Å². The van der Waals surface area contributed by atoms with Crippen LogP contribution in [0, 0.1) is 0 Å². The summed E-state index contributed by atoms with van der Waals surface area (Å²) in [5, 5.41) is 2.57. The summed E-state index contributed by atoms with van der Waals surface area (Å²) >= 11 is 3.32. The number of nitrogens with one attached hydrogen (secondary N) is 1. The Morgan fingerprint density at radius 1 is 0.973 bits per heavy atom. The summed E-state index contributed by atoms with van der Waals surface area (Å²) in [6.45, 7) is 3.57. The third-order valence-electron chi connectivity index (χ3n) is 5.73. The van der Waals surface area contributed by atoms with E-state index in [-0.39, 0.29) is 17.3 Å². The zero-order chi connectivity index (χ0) is 27.0. The van der Waals surface area contributed by atoms with Crippen LogP contribution in [0.25, 0.3) is 0 Å². The van der Waals surface area contributed by atoms with Gasteiger partial charge in [-0.05, 0) is 67.9 Å². The molecule has 37 heavy (non-hydrogen) atoms. The number of hydrogen-bond acceptors (Lipinski definition) is 5. The number of ether oxygens (including phenoxy) is 1. The van der Waals surface area contributed by atoms with Gasteiger partial charge in [0.2, 0.25) is 11.8 Å². The fourth-order valence-corrected chi connectivity index (χ4v) is 5.39. The zero-order valence-electron chi connectivity index (χ0n) is 20.9. The number of rotatable bonds is 11. The molecule has 2 amide bonds. The van der Waals surface area contributed by atoms with Crippen molar-refractivity contribution in [3.8, 4) is 5.75 Å². The second-order valence-electron chi connectivity index (χ2n) is 8.19. The van der Waals surface area contributed by atoms with Crippen molar-refractivity contribution >= 4 is 43.5 Å². The number of carbonyl (C=O) groups excluding carboxylic acids is 2. The lowest BCUT2D eigenvalue weighted by molar-refractivity contribution is -0.139. The second-order valence-corrected chi connectivity index (χ2v) is 11.0. The van der Waals surface area contributed by atoms with Gasteiger partial charge in [0.05, 0.1) is 17.2 Å². The molecule has 0 aromatic heterocycles. The first kappa shape index (κ1) is 28.2. The molecule has 196 valence electrons. The van der Waals surface area contributed by atoms with Crippen molar-refractivity contribution in [1.82, 2.24) is 10.2 Å². The van der Waals surface area contributed by atoms with Crippen LogP contribution in [0.2, 0.25) is 0 Å². The average molecular weight is 589 g/mol. The smallest absolute Gasteiger partial charge is 0.264 e. The van der Waals surface area contributed by atoms with E-state index in [0.717, 1.165) is 14.3 Å². The molecule has 0 bridgehead atoms. The Morgan fingerprint density at radius 2 is 1.59 bits per heavy atom. The fourth-order valence-electron chi connectivity index (χ4n) is 3.71. The number of amides is 2. The Morgan fingerprint density at radius 3 is 2.16 bits per heavy atom. The van der Waals surface area contributed by atoms with Crippen LogP contribution in [0.1, 0.15) is 19.4 Å². The average Bonchev–Trinajstić information content (AvgIpc) is 2.91. The minimum atomic E-state index is -4.13. The molecule has 10 heteroatoms. The van der Waals surface area contributed by atoms with Crippen LogP contribution < -0.4 is 14.4 Å². The van der Waals surface area contributed by atoms with Crippen LogP contribution in [0.5, 0.6) is 5.75 Å². The van der Waals surface area contributed by atoms with E-state index in [4.69, 9.17) is 4.74 Å². The lowest BCUT2D eigenvalue weighted by Gasteiger charge is -2.31. The third kappa shape index (κ3) is 7.11. The second kappa shape index (κ2) is 12.7. The van der Waals surface area contributed by atoms with Gasteiger partial charge in [0.15, 0.2) is 0 Å². The number of benzene rings is 3. The first-order chi connectivity index (χ1) is 17.7. The highest BCUT2D eigenvalue weighted by atomic mass is 79.9. The molecular weight excluding hydrogens is 558 g/mol. The normalized spacial score (nSPS) is 11.9. The molecule has 3 rings (SSSR count). The van der Waals surface area contributed by atoms with Gasteiger partial charge in [0.1, 0.15) is 18.3 Å². The standard InChI is InChI=1S/C27H30BrN3O5S/c1-4-36-24-14-12-23(13-15-24)31(37(34,35)25-16-10-22(28)11-17-25)19-26(32)30(20(2)27(33)29-3)18-21-8-6-5-7-9-21/h5-17,20H,4,18-19H2,1-3H3,(H,29,33). The molecule has 0 radical (unpaired) electrons. The van der Waals surface area contributed by atoms with Crippen molar-refractivity contribution in [2.45, 2.75) is 31.3 Å². The molecule has 0 spiro atoms. The number of carbonyl (C=O) groups is 2. The van der Waals surface area contributed by atoms with Crippen LogP contribution in [0.15, 0.2) is 88.2 Å². The molecule has 1 atom stereocenters. The number of sulfonamides is 1. The Balaban J connectivity index is 2.02. The Labute approximate surface area is 226 Å². The minimum absolute atomic E-state index is 0.0337. The van der Waals surface area contributed by atoms with Crippen LogP contribution in [0.4, 0.5) is 5.69 Å². The van der Waals surface area contributed by atoms with Crippen molar-refractivity contribution in [3.05, 3.63) is 88.9 Å². The predicted molar refractivity (Wildman–Crippen MR) is 147 cm³/mol. The summed E-state index contributed by atoms with van der Waals surface area (Å²) in [5.41, 5.74) is 1.11. The maximum absolute atomic E-state index is 13.8. The largest absolute Gasteiger partial charge is 0.494 e. The molecular formula is C27H30BrN3O5S. The first-order valence-corrected chi connectivity index (χ1v) is 14.0. The number of hydrogen-bond donors (Lipinski definition) is 1. The molecule has 0 aliphatic carbocycles. The number of likely N-dealkylation sites (N-methyl/N-ethyl adjacent to an activating group) is 1. The van der Waals surface area contributed by atoms with Crippen molar-refractivity contribution in [2.24, 2.45) is 0 Å². The van der Waals surface area contributed by atoms with Crippen LogP contribution in [0.3, 0.4) is 0 Å². The molecule has 0 aliphatic rings. The molecule has 1 unspecified atom stereocenters. The Bertz CT molecular complexity index is 1300. The van der Waals surface area contributed by atoms with Gasteiger partial charge in [-0.15, -0.1) is 0 Å². The van der Waals surface area contributed by atoms with E-state index < -0.39 is 28.5 Å². The number of nitrogens with zero attached hydrogens (tertiary/aromatic N) is 2. The van der Waals surface area contributed by atoms with Gasteiger partial charge in [-0.2, -0.15) is 0 Å². The molecule has 8 nitrogen and oxygen atoms in total. The van der Waals surface area contributed by atoms with Gasteiger partial charge < -0.3 is 15.0 Å². The molecule has 3 aromatic rings. The van der Waals surface area contributed by atoms with E-state index in [1.807, 2.05) is 37.3 Å². The third-order valence-corrected chi connectivity index (χ3v) is 8.04. The van der Waals surface area contributed by atoms with Gasteiger partial charge in [-0.1, -0.05) is 46.3 Å². The van der Waals surface area contributed by atoms with Gasteiger partial charge >= 0.3 is 0 Å². The van der Waals surface area contributed by atoms with Crippen molar-refractivity contribution in [1.29, 1.82) is 0 Å². The number of anilines is 1. The molecule has 0 saturated carbocycles. The van der Waals surface area contributed by atoms with E-state index in [1.165, 1.54) is 24.1 Å². The minimum Gasteiger partial charge on any atom is -0.494 e. The lowest BCUT2D eigenvalue weighted by atomic mass is 10.1. The highest BCUT2D eigenvalue weighted by molar-refractivity contribution is 9.10. The van der Waals surface area contributed by atoms with Gasteiger partial charge in [-0.3, -0.25) is 13.9 Å². The lowest BCUT2D eigenvalue weighted by Crippen LogP contribution is -2.50. The first-order valence-electron chi connectivity index (χ1n) is 11.7. The molecule has 0 heterocycles. The topological polar surface area (TPSA) is 96.0 Å². The summed E-state index contributed by atoms with van der Waals surface area (Å²) in [4.78, 5) is 27.6. The maximum Gasteiger partial charge on any atom is 0.264 e. The maximum atomic E-state index is 13.8. The van der Waals surface area contributed by atoms with Crippen molar-refractivity contribution in [2.75, 3.05) is 24.5 Å². The zero-order valence-corrected chi connectivity index (χ0v) is 23.3. The van der Waals surface area contributed by atoms with Crippen LogP contribution in [-0.2, 0) is 26.2 Å². The SMILES string of the molecule is CCOc1ccc(N(CC(=O)N(Cc2ccccc2)C(C)C(=O)NC)S(=O)(=O)c2ccc(Br)cc2)cc1. The molecule has 3 aromatic carbocycles. The van der Waals surface area contributed by atoms with Crippen molar-refractivity contribution in [3.63, 3.8) is 0 Å². The summed E-state index contributed by atoms with van der Waals surface area (Å²) in [7, 11) is -2.63. The summed E-state index contributed by atoms with van der Waals surface area (Å²) in [6.07, 6.45) is 0. The monoisotopic (exact) mass is 587 g/mol. The van der Waals surface area contributed by atoms with E-state index in [1.54, 1.807) is 43.3 Å². The van der Waals surface area contributed by atoms with E-state index in [9.17, 15) is 18.0 Å². The summed E-state index contributed by atoms with van der Waals surface area (Å²) in [6, 6.07) is 21.1. The van der Waals surface area contributed by atoms with Gasteiger partial charge in [0.25, 0.3) is 10.0 Å². The highest BCUT2D eigenvalue weighted by Crippen LogP contribution is 2.27. The molecule has 1 N–H and O–H groups in total. The fraction of sp³-hybridized carbons (Fsp3) is 0.259. The van der Waals surface area contributed by atoms with Gasteiger partial charge in [-0.25, -0.2) is 8.42 Å². The number of halogens is 1. The van der Waals surface area contributed by atoms with E-state index >= 15 is 0 Å². The molecule has 0 fully saturated rings. The summed E-state index contributed by atoms with van der Waals surface area (Å²) < 4.78 is 34.8. The predicted octanol–water partition coefficient (Wildman–Crippen LogP) is 4.21. The van der Waals surface area contributed by atoms with E-state index in [0.29, 0.717) is 18.0 Å². The van der Waals surface area contributed by atoms with Gasteiger partial charge in [0, 0.05) is 18.1 Å². The highest BCUT2D eigenvalue weighted by Gasteiger charge is 2.32. The quantitative estimate of drug-likeness (QED) is 0.362. The Kier molecular flexibility index (Phi) is 9.71. The summed E-state index contributed by atoms with van der Waals surface area (Å²) in [5.74, 6) is -0.292. The Hall–Kier alpha value is -3.37.